The summed E-state index contributed by atoms with van der Waals surface area (Å²) >= 11 is 0. The van der Waals surface area contributed by atoms with Gasteiger partial charge in [-0.05, 0) is 17.5 Å². The molecule has 0 spiro atoms. The van der Waals surface area contributed by atoms with E-state index in [-0.39, 0.29) is 12.1 Å². The van der Waals surface area contributed by atoms with Crippen LogP contribution in [0.15, 0.2) is 35.4 Å². The number of nitrogens with zero attached hydrogens (tertiary/aromatic N) is 3. The Kier molecular flexibility index (Phi) is 2.68. The van der Waals surface area contributed by atoms with E-state index in [0.717, 1.165) is 13.0 Å². The minimum absolute atomic E-state index is 0.0533. The molecule has 1 aromatic rings. The Morgan fingerprint density at radius 3 is 2.79 bits per heavy atom. The number of epoxide rings is 1. The molecule has 0 bridgehead atoms. The zero-order valence-electron chi connectivity index (χ0n) is 7.71. The molecule has 1 saturated heterocycles. The Labute approximate surface area is 82.1 Å². The van der Waals surface area contributed by atoms with E-state index in [9.17, 15) is 0 Å². The summed E-state index contributed by atoms with van der Waals surface area (Å²) in [6.07, 6.45) is 0.890. The summed E-state index contributed by atoms with van der Waals surface area (Å²) in [5, 5.41) is 3.74. The van der Waals surface area contributed by atoms with Crippen molar-refractivity contribution >= 4 is 0 Å². The van der Waals surface area contributed by atoms with Gasteiger partial charge >= 0.3 is 0 Å². The average Bonchev–Trinajstić information content (AvgIpc) is 3.02. The van der Waals surface area contributed by atoms with Gasteiger partial charge in [0.15, 0.2) is 0 Å². The third-order valence-electron chi connectivity index (χ3n) is 2.28. The van der Waals surface area contributed by atoms with Crippen LogP contribution in [-0.2, 0) is 11.2 Å². The topological polar surface area (TPSA) is 61.3 Å². The predicted octanol–water partition coefficient (Wildman–Crippen LogP) is 2.31. The number of ether oxygens (including phenoxy) is 1. The first-order valence-electron chi connectivity index (χ1n) is 4.60. The Balaban J connectivity index is 2.03. The predicted molar refractivity (Wildman–Crippen MR) is 52.8 cm³/mol. The largest absolute Gasteiger partial charge is 0.373 e. The Morgan fingerprint density at radius 1 is 1.50 bits per heavy atom. The van der Waals surface area contributed by atoms with Crippen molar-refractivity contribution < 1.29 is 4.74 Å². The molecule has 4 heteroatoms. The van der Waals surface area contributed by atoms with Crippen LogP contribution in [-0.4, -0.2) is 18.8 Å². The van der Waals surface area contributed by atoms with Crippen LogP contribution in [0.1, 0.15) is 5.56 Å². The third-order valence-corrected chi connectivity index (χ3v) is 2.28. The van der Waals surface area contributed by atoms with Crippen LogP contribution in [0.5, 0.6) is 0 Å². The second kappa shape index (κ2) is 4.13. The highest BCUT2D eigenvalue weighted by atomic mass is 16.6. The van der Waals surface area contributed by atoms with E-state index in [2.05, 4.69) is 10.0 Å². The van der Waals surface area contributed by atoms with Crippen LogP contribution in [0, 0.1) is 0 Å². The van der Waals surface area contributed by atoms with Gasteiger partial charge in [0.25, 0.3) is 0 Å². The van der Waals surface area contributed by atoms with Gasteiger partial charge in [-0.25, -0.2) is 0 Å². The van der Waals surface area contributed by atoms with Gasteiger partial charge in [-0.2, -0.15) is 0 Å². The first kappa shape index (κ1) is 9.06. The lowest BCUT2D eigenvalue weighted by molar-refractivity contribution is 0.371. The molecule has 14 heavy (non-hydrogen) atoms. The lowest BCUT2D eigenvalue weighted by atomic mass is 10.0. The molecular weight excluding hydrogens is 178 g/mol. The van der Waals surface area contributed by atoms with Crippen molar-refractivity contribution in [2.24, 2.45) is 5.11 Å². The highest BCUT2D eigenvalue weighted by molar-refractivity contribution is 5.16. The van der Waals surface area contributed by atoms with Crippen LogP contribution < -0.4 is 0 Å². The zero-order chi connectivity index (χ0) is 9.80. The molecule has 1 aromatic carbocycles. The number of hydrogen-bond acceptors (Lipinski definition) is 2. The second-order valence-corrected chi connectivity index (χ2v) is 3.33. The molecule has 0 unspecified atom stereocenters. The minimum atomic E-state index is -0.0533. The number of benzene rings is 1. The van der Waals surface area contributed by atoms with Crippen molar-refractivity contribution in [2.75, 3.05) is 6.61 Å². The number of hydrogen-bond donors (Lipinski definition) is 0. The fraction of sp³-hybridized carbons (Fsp3) is 0.400. The van der Waals surface area contributed by atoms with E-state index >= 15 is 0 Å². The normalized spacial score (nSPS) is 21.0. The molecule has 72 valence electrons. The van der Waals surface area contributed by atoms with Gasteiger partial charge in [-0.1, -0.05) is 35.4 Å². The van der Waals surface area contributed by atoms with Gasteiger partial charge in [0.2, 0.25) is 0 Å². The van der Waals surface area contributed by atoms with Crippen molar-refractivity contribution in [2.45, 2.75) is 18.6 Å². The van der Waals surface area contributed by atoms with Gasteiger partial charge in [0, 0.05) is 4.91 Å². The SMILES string of the molecule is [N-]=[N+]=N[C@@H](Cc1ccccc1)[C@H]1CO1. The van der Waals surface area contributed by atoms with Crippen LogP contribution in [0.4, 0.5) is 0 Å². The first-order valence-corrected chi connectivity index (χ1v) is 4.60. The molecule has 0 amide bonds. The fourth-order valence-corrected chi connectivity index (χ4v) is 1.45. The van der Waals surface area contributed by atoms with Gasteiger partial charge in [0.1, 0.15) is 0 Å². The van der Waals surface area contributed by atoms with E-state index in [0.29, 0.717) is 0 Å². The van der Waals surface area contributed by atoms with E-state index in [4.69, 9.17) is 10.3 Å². The van der Waals surface area contributed by atoms with Crippen molar-refractivity contribution in [3.05, 3.63) is 46.3 Å². The summed E-state index contributed by atoms with van der Waals surface area (Å²) in [4.78, 5) is 2.84. The maximum Gasteiger partial charge on any atom is 0.0897 e. The van der Waals surface area contributed by atoms with E-state index in [1.807, 2.05) is 30.3 Å². The fourth-order valence-electron chi connectivity index (χ4n) is 1.45. The van der Waals surface area contributed by atoms with Gasteiger partial charge in [0.05, 0.1) is 18.8 Å². The van der Waals surface area contributed by atoms with Crippen molar-refractivity contribution in [3.8, 4) is 0 Å². The van der Waals surface area contributed by atoms with Crippen molar-refractivity contribution in [3.63, 3.8) is 0 Å². The molecule has 1 fully saturated rings. The van der Waals surface area contributed by atoms with Gasteiger partial charge in [-0.15, -0.1) is 0 Å². The maximum atomic E-state index is 8.39. The quantitative estimate of drug-likeness (QED) is 0.310. The van der Waals surface area contributed by atoms with Crippen molar-refractivity contribution in [1.82, 2.24) is 0 Å². The molecule has 0 N–H and O–H groups in total. The lowest BCUT2D eigenvalue weighted by Crippen LogP contribution is -2.15. The maximum absolute atomic E-state index is 8.39. The van der Waals surface area contributed by atoms with Crippen LogP contribution in [0.2, 0.25) is 0 Å². The summed E-state index contributed by atoms with van der Waals surface area (Å²) in [5.41, 5.74) is 9.58. The van der Waals surface area contributed by atoms with Crippen molar-refractivity contribution in [1.29, 1.82) is 0 Å². The minimum Gasteiger partial charge on any atom is -0.373 e. The number of rotatable bonds is 4. The lowest BCUT2D eigenvalue weighted by Gasteiger charge is -2.06. The molecule has 1 aliphatic rings. The third kappa shape index (κ3) is 2.25. The summed E-state index contributed by atoms with van der Waals surface area (Å²) in [5.74, 6) is 0. The second-order valence-electron chi connectivity index (χ2n) is 3.33. The molecule has 0 aromatic heterocycles. The molecule has 2 rings (SSSR count). The molecule has 0 aliphatic carbocycles. The molecule has 0 radical (unpaired) electrons. The van der Waals surface area contributed by atoms with Gasteiger partial charge < -0.3 is 4.74 Å². The smallest absolute Gasteiger partial charge is 0.0897 e. The molecular formula is C10H11N3O. The average molecular weight is 189 g/mol. The first-order chi connectivity index (χ1) is 6.90. The Bertz CT molecular complexity index is 342. The van der Waals surface area contributed by atoms with E-state index in [1.165, 1.54) is 5.56 Å². The summed E-state index contributed by atoms with van der Waals surface area (Å²) in [7, 11) is 0. The molecule has 2 atom stereocenters. The van der Waals surface area contributed by atoms with Crippen LogP contribution in [0.3, 0.4) is 0 Å². The summed E-state index contributed by atoms with van der Waals surface area (Å²) in [6.45, 7) is 0.719. The van der Waals surface area contributed by atoms with Crippen LogP contribution in [0.25, 0.3) is 10.4 Å². The highest BCUT2D eigenvalue weighted by Gasteiger charge is 2.31. The van der Waals surface area contributed by atoms with E-state index in [1.54, 1.807) is 0 Å². The molecule has 1 aliphatic heterocycles. The Hall–Kier alpha value is -1.51. The summed E-state index contributed by atoms with van der Waals surface area (Å²) < 4.78 is 5.13. The molecule has 4 nitrogen and oxygen atoms in total. The zero-order valence-corrected chi connectivity index (χ0v) is 7.71. The van der Waals surface area contributed by atoms with E-state index < -0.39 is 0 Å². The standard InChI is InChI=1S/C10H11N3O/c11-13-12-9(10-7-14-10)6-8-4-2-1-3-5-8/h1-5,9-10H,6-7H2/t9-,10+/m0/s1. The van der Waals surface area contributed by atoms with Gasteiger partial charge in [-0.3, -0.25) is 0 Å². The monoisotopic (exact) mass is 189 g/mol. The van der Waals surface area contributed by atoms with Crippen LogP contribution >= 0.6 is 0 Å². The Morgan fingerprint density at radius 2 is 2.21 bits per heavy atom. The number of azide groups is 1. The molecule has 0 saturated carbocycles. The summed E-state index contributed by atoms with van der Waals surface area (Å²) in [6, 6.07) is 9.94. The highest BCUT2D eigenvalue weighted by Crippen LogP contribution is 2.20. The molecule has 1 heterocycles.